The first-order valence-corrected chi connectivity index (χ1v) is 8.76. The van der Waals surface area contributed by atoms with Gasteiger partial charge in [0.15, 0.2) is 0 Å². The quantitative estimate of drug-likeness (QED) is 0.715. The summed E-state index contributed by atoms with van der Waals surface area (Å²) in [5.41, 5.74) is 2.74. The topological polar surface area (TPSA) is 50.2 Å². The third-order valence-corrected chi connectivity index (χ3v) is 4.46. The van der Waals surface area contributed by atoms with E-state index in [4.69, 9.17) is 11.6 Å². The molecule has 6 heteroatoms. The largest absolute Gasteiger partial charge is 0.325 e. The summed E-state index contributed by atoms with van der Waals surface area (Å²) in [6, 6.07) is 16.8. The van der Waals surface area contributed by atoms with Crippen LogP contribution in [-0.4, -0.2) is 33.7 Å². The first-order valence-electron chi connectivity index (χ1n) is 8.38. The molecule has 3 rings (SSSR count). The molecule has 26 heavy (non-hydrogen) atoms. The summed E-state index contributed by atoms with van der Waals surface area (Å²) in [7, 11) is 1.92. The molecular formula is C20H21ClN4O. The third kappa shape index (κ3) is 4.50. The number of carbonyl (C=O) groups excluding carboxylic acids is 1. The van der Waals surface area contributed by atoms with Crippen LogP contribution in [0.1, 0.15) is 12.5 Å². The highest BCUT2D eigenvalue weighted by molar-refractivity contribution is 6.30. The fourth-order valence-corrected chi connectivity index (χ4v) is 2.79. The van der Waals surface area contributed by atoms with E-state index in [1.54, 1.807) is 12.1 Å². The molecule has 0 spiro atoms. The van der Waals surface area contributed by atoms with E-state index in [-0.39, 0.29) is 11.9 Å². The van der Waals surface area contributed by atoms with Gasteiger partial charge in [0.1, 0.15) is 0 Å². The molecule has 0 aliphatic carbocycles. The molecule has 1 unspecified atom stereocenters. The molecule has 0 saturated heterocycles. The number of amides is 1. The first kappa shape index (κ1) is 18.2. The molecule has 0 bridgehead atoms. The number of hydrogen-bond acceptors (Lipinski definition) is 3. The molecule has 2 aromatic carbocycles. The minimum absolute atomic E-state index is 0.0785. The maximum absolute atomic E-state index is 12.5. The maximum atomic E-state index is 12.5. The van der Waals surface area contributed by atoms with Crippen molar-refractivity contribution in [2.45, 2.75) is 19.5 Å². The Morgan fingerprint density at radius 2 is 2.00 bits per heavy atom. The predicted molar refractivity (Wildman–Crippen MR) is 105 cm³/mol. The number of carbonyl (C=O) groups is 1. The second-order valence-corrected chi connectivity index (χ2v) is 6.66. The van der Waals surface area contributed by atoms with Crippen LogP contribution in [0.4, 0.5) is 5.69 Å². The van der Waals surface area contributed by atoms with Crippen LogP contribution in [0.25, 0.3) is 5.69 Å². The van der Waals surface area contributed by atoms with Crippen LogP contribution in [0, 0.1) is 0 Å². The molecule has 1 aromatic heterocycles. The molecule has 0 saturated carbocycles. The monoisotopic (exact) mass is 368 g/mol. The van der Waals surface area contributed by atoms with Gasteiger partial charge in [0.05, 0.1) is 17.9 Å². The van der Waals surface area contributed by atoms with Gasteiger partial charge < -0.3 is 5.32 Å². The van der Waals surface area contributed by atoms with Crippen molar-refractivity contribution in [1.29, 1.82) is 0 Å². The summed E-state index contributed by atoms with van der Waals surface area (Å²) in [5.74, 6) is -0.0785. The number of nitrogens with zero attached hydrogens (tertiary/aromatic N) is 3. The Hall–Kier alpha value is -2.63. The molecule has 0 aliphatic heterocycles. The summed E-state index contributed by atoms with van der Waals surface area (Å²) in [5, 5.41) is 7.88. The Kier molecular flexibility index (Phi) is 5.71. The zero-order chi connectivity index (χ0) is 18.5. The summed E-state index contributed by atoms with van der Waals surface area (Å²) < 4.78 is 1.83. The summed E-state index contributed by atoms with van der Waals surface area (Å²) >= 11 is 5.96. The van der Waals surface area contributed by atoms with Gasteiger partial charge in [-0.05, 0) is 44.3 Å². The zero-order valence-electron chi connectivity index (χ0n) is 14.8. The van der Waals surface area contributed by atoms with Gasteiger partial charge >= 0.3 is 0 Å². The Bertz CT molecular complexity index is 878. The first-order chi connectivity index (χ1) is 12.5. The number of rotatable bonds is 6. The molecule has 0 aliphatic rings. The number of aromatic nitrogens is 2. The van der Waals surface area contributed by atoms with Gasteiger partial charge in [-0.1, -0.05) is 35.9 Å². The lowest BCUT2D eigenvalue weighted by Gasteiger charge is -2.23. The van der Waals surface area contributed by atoms with Crippen LogP contribution in [-0.2, 0) is 11.3 Å². The van der Waals surface area contributed by atoms with Crippen molar-refractivity contribution in [2.24, 2.45) is 0 Å². The van der Waals surface area contributed by atoms with Crippen LogP contribution < -0.4 is 5.32 Å². The second-order valence-electron chi connectivity index (χ2n) is 6.22. The zero-order valence-corrected chi connectivity index (χ0v) is 15.5. The lowest BCUT2D eigenvalue weighted by Crippen LogP contribution is -2.39. The number of hydrogen-bond donors (Lipinski definition) is 1. The van der Waals surface area contributed by atoms with E-state index in [0.717, 1.165) is 11.3 Å². The van der Waals surface area contributed by atoms with Crippen molar-refractivity contribution in [3.05, 3.63) is 77.6 Å². The number of nitrogens with one attached hydrogen (secondary N) is 1. The van der Waals surface area contributed by atoms with Gasteiger partial charge in [-0.15, -0.1) is 0 Å². The molecular weight excluding hydrogens is 348 g/mol. The van der Waals surface area contributed by atoms with Gasteiger partial charge in [0.25, 0.3) is 0 Å². The minimum atomic E-state index is -0.297. The van der Waals surface area contributed by atoms with Crippen molar-refractivity contribution in [3.63, 3.8) is 0 Å². The second kappa shape index (κ2) is 8.17. The van der Waals surface area contributed by atoms with Gasteiger partial charge in [0.2, 0.25) is 5.91 Å². The average Bonchev–Trinajstić information content (AvgIpc) is 3.10. The number of benzene rings is 2. The highest BCUT2D eigenvalue weighted by Crippen LogP contribution is 2.16. The fourth-order valence-electron chi connectivity index (χ4n) is 2.60. The molecule has 0 radical (unpaired) electrons. The summed E-state index contributed by atoms with van der Waals surface area (Å²) in [6.45, 7) is 2.50. The van der Waals surface area contributed by atoms with Crippen molar-refractivity contribution in [3.8, 4) is 5.69 Å². The smallest absolute Gasteiger partial charge is 0.241 e. The van der Waals surface area contributed by atoms with Gasteiger partial charge in [-0.3, -0.25) is 9.69 Å². The van der Waals surface area contributed by atoms with E-state index < -0.39 is 0 Å². The normalized spacial score (nSPS) is 12.2. The fraction of sp³-hybridized carbons (Fsp3) is 0.200. The lowest BCUT2D eigenvalue weighted by atomic mass is 10.2. The molecule has 1 atom stereocenters. The van der Waals surface area contributed by atoms with E-state index >= 15 is 0 Å². The van der Waals surface area contributed by atoms with Crippen LogP contribution in [0.2, 0.25) is 5.02 Å². The van der Waals surface area contributed by atoms with Crippen molar-refractivity contribution in [1.82, 2.24) is 14.7 Å². The number of halogens is 1. The third-order valence-electron chi connectivity index (χ3n) is 4.22. The predicted octanol–water partition coefficient (Wildman–Crippen LogP) is 3.98. The van der Waals surface area contributed by atoms with Gasteiger partial charge in [-0.2, -0.15) is 5.10 Å². The molecule has 1 heterocycles. The van der Waals surface area contributed by atoms with Gasteiger partial charge in [0, 0.05) is 29.0 Å². The van der Waals surface area contributed by atoms with Crippen LogP contribution >= 0.6 is 11.6 Å². The Balaban J connectivity index is 1.61. The van der Waals surface area contributed by atoms with Gasteiger partial charge in [-0.25, -0.2) is 4.68 Å². The SMILES string of the molecule is CC(C(=O)Nc1cccc(Cl)c1)N(C)Cc1cnn(-c2ccccc2)c1. The number of anilines is 1. The Labute approximate surface area is 158 Å². The molecule has 3 aromatic rings. The number of para-hydroxylation sites is 1. The van der Waals surface area contributed by atoms with Crippen molar-refractivity contribution in [2.75, 3.05) is 12.4 Å². The van der Waals surface area contributed by atoms with Crippen molar-refractivity contribution < 1.29 is 4.79 Å². The van der Waals surface area contributed by atoms with Crippen LogP contribution in [0.5, 0.6) is 0 Å². The standard InChI is InChI=1S/C20H21ClN4O/c1-15(20(26)23-18-8-6-7-17(21)11-18)24(2)13-16-12-22-25(14-16)19-9-4-3-5-10-19/h3-12,14-15H,13H2,1-2H3,(H,23,26). The molecule has 0 fully saturated rings. The minimum Gasteiger partial charge on any atom is -0.325 e. The molecule has 1 N–H and O–H groups in total. The lowest BCUT2D eigenvalue weighted by molar-refractivity contribution is -0.120. The molecule has 5 nitrogen and oxygen atoms in total. The average molecular weight is 369 g/mol. The Morgan fingerprint density at radius 1 is 1.23 bits per heavy atom. The van der Waals surface area contributed by atoms with E-state index in [1.807, 2.05) is 78.4 Å². The number of likely N-dealkylation sites (N-methyl/N-ethyl adjacent to an activating group) is 1. The van der Waals surface area contributed by atoms with Crippen molar-refractivity contribution >= 4 is 23.2 Å². The summed E-state index contributed by atoms with van der Waals surface area (Å²) in [6.07, 6.45) is 3.80. The van der Waals surface area contributed by atoms with Crippen LogP contribution in [0.3, 0.4) is 0 Å². The van der Waals surface area contributed by atoms with E-state index in [2.05, 4.69) is 10.4 Å². The van der Waals surface area contributed by atoms with Crippen LogP contribution in [0.15, 0.2) is 67.0 Å². The highest BCUT2D eigenvalue weighted by atomic mass is 35.5. The van der Waals surface area contributed by atoms with E-state index in [0.29, 0.717) is 17.3 Å². The van der Waals surface area contributed by atoms with E-state index in [1.165, 1.54) is 0 Å². The highest BCUT2D eigenvalue weighted by Gasteiger charge is 2.19. The Morgan fingerprint density at radius 3 is 2.73 bits per heavy atom. The maximum Gasteiger partial charge on any atom is 0.241 e. The summed E-state index contributed by atoms with van der Waals surface area (Å²) in [4.78, 5) is 14.4. The molecule has 1 amide bonds. The van der Waals surface area contributed by atoms with E-state index in [9.17, 15) is 4.79 Å². The molecule has 134 valence electrons.